The Balaban J connectivity index is 2.01. The van der Waals surface area contributed by atoms with Gasteiger partial charge in [-0.15, -0.1) is 0 Å². The lowest BCUT2D eigenvalue weighted by Crippen LogP contribution is -2.00. The van der Waals surface area contributed by atoms with Crippen LogP contribution in [-0.4, -0.2) is 14.8 Å². The first-order valence-electron chi connectivity index (χ1n) is 8.14. The minimum Gasteiger partial charge on any atom is -0.228 e. The first-order valence-corrected chi connectivity index (χ1v) is 8.93. The second kappa shape index (κ2) is 6.81. The Morgan fingerprint density at radius 3 is 2.30 bits per heavy atom. The van der Waals surface area contributed by atoms with Gasteiger partial charge in [-0.25, -0.2) is 22.8 Å². The van der Waals surface area contributed by atoms with Gasteiger partial charge in [-0.1, -0.05) is 28.1 Å². The standard InChI is InChI=1S/C20H13BrF3N3/c1-11-18-16(19(23)24)10-17(12-2-4-13(21)5-3-12)25-20(18)27(26-11)15-8-6-14(22)7-9-15/h2-10,19H,1H3. The number of hydrogen-bond acceptors (Lipinski definition) is 2. The van der Waals surface area contributed by atoms with E-state index in [4.69, 9.17) is 0 Å². The van der Waals surface area contributed by atoms with Crippen molar-refractivity contribution in [3.8, 4) is 16.9 Å². The molecule has 0 radical (unpaired) electrons. The van der Waals surface area contributed by atoms with Gasteiger partial charge < -0.3 is 0 Å². The van der Waals surface area contributed by atoms with Gasteiger partial charge in [0.15, 0.2) is 5.65 Å². The van der Waals surface area contributed by atoms with Crippen LogP contribution in [0.15, 0.2) is 59.1 Å². The van der Waals surface area contributed by atoms with Gasteiger partial charge in [-0.2, -0.15) is 5.10 Å². The zero-order valence-electron chi connectivity index (χ0n) is 14.1. The SMILES string of the molecule is Cc1nn(-c2ccc(F)cc2)c2nc(-c3ccc(Br)cc3)cc(C(F)F)c12. The first kappa shape index (κ1) is 17.7. The maximum Gasteiger partial charge on any atom is 0.264 e. The summed E-state index contributed by atoms with van der Waals surface area (Å²) in [6, 6.07) is 14.3. The van der Waals surface area contributed by atoms with Crippen LogP contribution in [-0.2, 0) is 0 Å². The molecule has 0 aliphatic carbocycles. The third-order valence-electron chi connectivity index (χ3n) is 4.29. The van der Waals surface area contributed by atoms with Crippen LogP contribution in [0.1, 0.15) is 17.7 Å². The molecule has 2 heterocycles. The van der Waals surface area contributed by atoms with Crippen molar-refractivity contribution in [2.45, 2.75) is 13.3 Å². The second-order valence-electron chi connectivity index (χ2n) is 6.08. The number of halogens is 4. The third kappa shape index (κ3) is 3.23. The van der Waals surface area contributed by atoms with Crippen LogP contribution in [0.3, 0.4) is 0 Å². The van der Waals surface area contributed by atoms with E-state index in [0.29, 0.717) is 33.7 Å². The Labute approximate surface area is 161 Å². The fraction of sp³-hybridized carbons (Fsp3) is 0.100. The van der Waals surface area contributed by atoms with Gasteiger partial charge >= 0.3 is 0 Å². The summed E-state index contributed by atoms with van der Waals surface area (Å²) in [5.74, 6) is -0.385. The number of nitrogens with zero attached hydrogens (tertiary/aromatic N) is 3. The van der Waals surface area contributed by atoms with Crippen LogP contribution >= 0.6 is 15.9 Å². The lowest BCUT2D eigenvalue weighted by molar-refractivity contribution is 0.153. The van der Waals surface area contributed by atoms with Gasteiger partial charge in [0, 0.05) is 15.6 Å². The number of aromatic nitrogens is 3. The van der Waals surface area contributed by atoms with Gasteiger partial charge in [0.1, 0.15) is 5.82 Å². The van der Waals surface area contributed by atoms with E-state index in [1.54, 1.807) is 19.1 Å². The number of aryl methyl sites for hydroxylation is 1. The molecule has 0 aliphatic rings. The van der Waals surface area contributed by atoms with Crippen LogP contribution in [0.4, 0.5) is 13.2 Å². The molecule has 0 saturated heterocycles. The molecule has 2 aromatic heterocycles. The number of alkyl halides is 2. The van der Waals surface area contributed by atoms with Crippen LogP contribution in [0.2, 0.25) is 0 Å². The minimum absolute atomic E-state index is 0.121. The average molecular weight is 432 g/mol. The summed E-state index contributed by atoms with van der Waals surface area (Å²) < 4.78 is 43.2. The van der Waals surface area contributed by atoms with Gasteiger partial charge in [0.2, 0.25) is 0 Å². The Kier molecular flexibility index (Phi) is 4.47. The zero-order chi connectivity index (χ0) is 19.1. The fourth-order valence-electron chi connectivity index (χ4n) is 3.03. The Hall–Kier alpha value is -2.67. The number of pyridine rings is 1. The summed E-state index contributed by atoms with van der Waals surface area (Å²) in [6.45, 7) is 1.66. The van der Waals surface area contributed by atoms with E-state index in [1.807, 2.05) is 12.1 Å². The molecule has 0 saturated carbocycles. The molecule has 0 bridgehead atoms. The predicted octanol–water partition coefficient (Wildman–Crippen LogP) is 6.24. The highest BCUT2D eigenvalue weighted by atomic mass is 79.9. The quantitative estimate of drug-likeness (QED) is 0.384. The molecular formula is C20H13BrF3N3. The number of rotatable bonds is 3. The lowest BCUT2D eigenvalue weighted by atomic mass is 10.1. The maximum atomic E-state index is 13.8. The van der Waals surface area contributed by atoms with E-state index in [2.05, 4.69) is 26.0 Å². The number of fused-ring (bicyclic) bond motifs is 1. The summed E-state index contributed by atoms with van der Waals surface area (Å²) in [7, 11) is 0. The molecule has 0 N–H and O–H groups in total. The summed E-state index contributed by atoms with van der Waals surface area (Å²) in [5.41, 5.74) is 2.33. The molecule has 2 aromatic carbocycles. The van der Waals surface area contributed by atoms with Gasteiger partial charge in [0.05, 0.1) is 22.5 Å². The van der Waals surface area contributed by atoms with Crippen molar-refractivity contribution in [2.24, 2.45) is 0 Å². The highest BCUT2D eigenvalue weighted by Gasteiger charge is 2.21. The van der Waals surface area contributed by atoms with Crippen molar-refractivity contribution < 1.29 is 13.2 Å². The second-order valence-corrected chi connectivity index (χ2v) is 6.99. The monoisotopic (exact) mass is 431 g/mol. The molecule has 27 heavy (non-hydrogen) atoms. The van der Waals surface area contributed by atoms with Gasteiger partial charge in [0.25, 0.3) is 6.43 Å². The maximum absolute atomic E-state index is 13.8. The molecule has 136 valence electrons. The van der Waals surface area contributed by atoms with Crippen molar-refractivity contribution in [1.82, 2.24) is 14.8 Å². The molecule has 0 atom stereocenters. The summed E-state index contributed by atoms with van der Waals surface area (Å²) in [6.07, 6.45) is -2.67. The van der Waals surface area contributed by atoms with Crippen LogP contribution in [0, 0.1) is 12.7 Å². The molecule has 0 spiro atoms. The minimum atomic E-state index is -2.67. The molecule has 0 fully saturated rings. The zero-order valence-corrected chi connectivity index (χ0v) is 15.7. The molecule has 4 aromatic rings. The molecule has 7 heteroatoms. The van der Waals surface area contributed by atoms with Crippen LogP contribution in [0.25, 0.3) is 28.0 Å². The number of benzene rings is 2. The normalized spacial score (nSPS) is 11.5. The molecule has 3 nitrogen and oxygen atoms in total. The Morgan fingerprint density at radius 1 is 1.00 bits per heavy atom. The summed E-state index contributed by atoms with van der Waals surface area (Å²) >= 11 is 3.36. The van der Waals surface area contributed by atoms with Crippen molar-refractivity contribution >= 4 is 27.0 Å². The fourth-order valence-corrected chi connectivity index (χ4v) is 3.29. The van der Waals surface area contributed by atoms with Crippen molar-refractivity contribution in [3.63, 3.8) is 0 Å². The number of hydrogen-bond donors (Lipinski definition) is 0. The molecular weight excluding hydrogens is 419 g/mol. The van der Waals surface area contributed by atoms with Crippen molar-refractivity contribution in [1.29, 1.82) is 0 Å². The average Bonchev–Trinajstić information content (AvgIpc) is 2.99. The Morgan fingerprint density at radius 2 is 1.67 bits per heavy atom. The van der Waals surface area contributed by atoms with E-state index in [0.717, 1.165) is 4.47 Å². The molecule has 0 aliphatic heterocycles. The van der Waals surface area contributed by atoms with E-state index in [1.165, 1.54) is 35.0 Å². The van der Waals surface area contributed by atoms with E-state index >= 15 is 0 Å². The highest BCUT2D eigenvalue weighted by Crippen LogP contribution is 2.34. The van der Waals surface area contributed by atoms with Crippen LogP contribution < -0.4 is 0 Å². The van der Waals surface area contributed by atoms with E-state index in [-0.39, 0.29) is 11.4 Å². The first-order chi connectivity index (χ1) is 12.9. The third-order valence-corrected chi connectivity index (χ3v) is 4.82. The van der Waals surface area contributed by atoms with Crippen molar-refractivity contribution in [3.05, 3.63) is 76.1 Å². The molecule has 0 unspecified atom stereocenters. The topological polar surface area (TPSA) is 30.7 Å². The molecule has 0 amide bonds. The Bertz CT molecular complexity index is 1120. The lowest BCUT2D eigenvalue weighted by Gasteiger charge is -2.09. The van der Waals surface area contributed by atoms with Crippen LogP contribution in [0.5, 0.6) is 0 Å². The van der Waals surface area contributed by atoms with Crippen molar-refractivity contribution in [2.75, 3.05) is 0 Å². The smallest absolute Gasteiger partial charge is 0.228 e. The largest absolute Gasteiger partial charge is 0.264 e. The summed E-state index contributed by atoms with van der Waals surface area (Å²) in [5, 5.41) is 4.69. The summed E-state index contributed by atoms with van der Waals surface area (Å²) in [4.78, 5) is 4.60. The molecule has 4 rings (SSSR count). The van der Waals surface area contributed by atoms with E-state index in [9.17, 15) is 13.2 Å². The highest BCUT2D eigenvalue weighted by molar-refractivity contribution is 9.10. The van der Waals surface area contributed by atoms with E-state index < -0.39 is 6.43 Å². The van der Waals surface area contributed by atoms with Gasteiger partial charge in [-0.05, 0) is 49.4 Å². The predicted molar refractivity (Wildman–Crippen MR) is 102 cm³/mol. The van der Waals surface area contributed by atoms with Gasteiger partial charge in [-0.3, -0.25) is 0 Å².